The zero-order chi connectivity index (χ0) is 31.5. The zero-order valence-corrected chi connectivity index (χ0v) is 21.8. The highest BCUT2D eigenvalue weighted by Crippen LogP contribution is 2.19. The Morgan fingerprint density at radius 1 is 0.952 bits per heavy atom. The molecule has 0 bridgehead atoms. The molecule has 17 heteroatoms. The Hall–Kier alpha value is -4.22. The Morgan fingerprint density at radius 3 is 2.00 bits per heavy atom. The van der Waals surface area contributed by atoms with E-state index in [1.807, 2.05) is 18.3 Å². The van der Waals surface area contributed by atoms with E-state index in [0.29, 0.717) is 11.1 Å². The summed E-state index contributed by atoms with van der Waals surface area (Å²) in [7, 11) is 0. The van der Waals surface area contributed by atoms with Gasteiger partial charge < -0.3 is 40.5 Å². The van der Waals surface area contributed by atoms with Gasteiger partial charge in [-0.25, -0.2) is 4.68 Å². The van der Waals surface area contributed by atoms with E-state index in [0.717, 1.165) is 50.5 Å². The van der Waals surface area contributed by atoms with Crippen LogP contribution in [0.3, 0.4) is 0 Å². The number of amides is 1. The Balaban J connectivity index is 0.000000367. The molecule has 1 fully saturated rings. The van der Waals surface area contributed by atoms with Crippen LogP contribution in [0.15, 0.2) is 48.7 Å². The summed E-state index contributed by atoms with van der Waals surface area (Å²) in [4.78, 5) is 30.8. The second-order valence-electron chi connectivity index (χ2n) is 8.81. The molecule has 1 aliphatic heterocycles. The Labute approximate surface area is 234 Å². The van der Waals surface area contributed by atoms with Gasteiger partial charge in [-0.1, -0.05) is 24.3 Å². The van der Waals surface area contributed by atoms with Crippen LogP contribution in [-0.4, -0.2) is 79.4 Å². The number of carboxylic acid groups (broad SMARTS) is 2. The minimum absolute atomic E-state index is 0.449. The fourth-order valence-corrected chi connectivity index (χ4v) is 3.65. The third-order valence-corrected chi connectivity index (χ3v) is 5.75. The average Bonchev–Trinajstić information content (AvgIpc) is 3.36. The van der Waals surface area contributed by atoms with E-state index in [2.05, 4.69) is 34.7 Å². The number of halogens is 6. The van der Waals surface area contributed by atoms with Crippen LogP contribution in [0.25, 0.3) is 16.6 Å². The molecule has 4 rings (SSSR count). The number of hydrogen-bond acceptors (Lipinski definition) is 7. The molecule has 3 aromatic rings. The highest BCUT2D eigenvalue weighted by molar-refractivity contribution is 6.04. The van der Waals surface area contributed by atoms with Gasteiger partial charge in [0.15, 0.2) is 0 Å². The normalized spacial score (nSPS) is 13.9. The fraction of sp³-hybridized carbons (Fsp3) is 0.360. The van der Waals surface area contributed by atoms with Gasteiger partial charge in [0.25, 0.3) is 5.91 Å². The van der Waals surface area contributed by atoms with Gasteiger partial charge in [-0.15, -0.1) is 0 Å². The third kappa shape index (κ3) is 11.0. The molecule has 5 N–H and O–H groups in total. The van der Waals surface area contributed by atoms with Gasteiger partial charge >= 0.3 is 12.4 Å². The summed E-state index contributed by atoms with van der Waals surface area (Å²) in [6, 6.07) is 13.9. The minimum atomic E-state index is -5.19. The van der Waals surface area contributed by atoms with E-state index in [1.165, 1.54) is 12.1 Å². The number of hydrogen-bond donors (Lipinski definition) is 3. The van der Waals surface area contributed by atoms with Gasteiger partial charge in [0, 0.05) is 17.1 Å². The summed E-state index contributed by atoms with van der Waals surface area (Å²) in [5.41, 5.74) is 8.79. The molecule has 0 radical (unpaired) electrons. The van der Waals surface area contributed by atoms with Crippen molar-refractivity contribution in [3.63, 3.8) is 0 Å². The maximum absolute atomic E-state index is 11.6. The maximum Gasteiger partial charge on any atom is 0.430 e. The topological polar surface area (TPSA) is 171 Å². The van der Waals surface area contributed by atoms with Gasteiger partial charge in [0.1, 0.15) is 50.2 Å². The number of aliphatic carboxylic acids is 2. The fourth-order valence-electron chi connectivity index (χ4n) is 3.65. The Kier molecular flexibility index (Phi) is 12.2. The van der Waals surface area contributed by atoms with E-state index >= 15 is 0 Å². The van der Waals surface area contributed by atoms with Crippen LogP contribution in [0.5, 0.6) is 0 Å². The molecule has 0 saturated carbocycles. The lowest BCUT2D eigenvalue weighted by Crippen LogP contribution is -3.16. The number of rotatable bonds is 7. The Bertz CT molecular complexity index is 1310. The molecule has 42 heavy (non-hydrogen) atoms. The predicted octanol–water partition coefficient (Wildman–Crippen LogP) is -2.30. The van der Waals surface area contributed by atoms with Gasteiger partial charge in [0.2, 0.25) is 0 Å². The molecule has 1 amide bonds. The number of nitrogens with one attached hydrogen (secondary N) is 1. The molecule has 0 unspecified atom stereocenters. The Morgan fingerprint density at radius 2 is 1.50 bits per heavy atom. The number of alkyl halides is 6. The van der Waals surface area contributed by atoms with Gasteiger partial charge in [-0.3, -0.25) is 4.79 Å². The summed E-state index contributed by atoms with van der Waals surface area (Å²) in [5.74, 6) is -6.47. The van der Waals surface area contributed by atoms with Crippen LogP contribution in [0, 0.1) is 0 Å². The number of primary amides is 1. The summed E-state index contributed by atoms with van der Waals surface area (Å²) >= 11 is 0. The summed E-state index contributed by atoms with van der Waals surface area (Å²) < 4.78 is 70.3. The lowest BCUT2D eigenvalue weighted by molar-refractivity contribution is -0.920. The molecule has 11 nitrogen and oxygen atoms in total. The summed E-state index contributed by atoms with van der Waals surface area (Å²) in [5, 5.41) is 25.4. The largest absolute Gasteiger partial charge is 0.542 e. The van der Waals surface area contributed by atoms with E-state index in [9.17, 15) is 31.1 Å². The number of aromatic nitrogens is 2. The number of ether oxygens (including phenoxy) is 1. The van der Waals surface area contributed by atoms with Gasteiger partial charge in [-0.05, 0) is 18.2 Å². The van der Waals surface area contributed by atoms with E-state index < -0.39 is 30.2 Å². The van der Waals surface area contributed by atoms with Crippen molar-refractivity contribution in [1.82, 2.24) is 9.78 Å². The molecule has 0 atom stereocenters. The predicted molar refractivity (Wildman–Crippen MR) is 129 cm³/mol. The number of morpholine rings is 1. The van der Waals surface area contributed by atoms with Crippen LogP contribution < -0.4 is 26.2 Å². The lowest BCUT2D eigenvalue weighted by atomic mass is 10.1. The molecule has 0 aliphatic carbocycles. The summed E-state index contributed by atoms with van der Waals surface area (Å²) in [6.45, 7) is 7.30. The standard InChI is InChI=1S/C21H25N5O2.2C2HF3O2/c22-21(27)19-3-1-2-17-15-26(24-20(17)19)18-6-4-16(5-7-18)14-23-8-9-25-10-12-28-13-11-25;2*3-2(4,5)1(6)7/h1-7,15,23H,8-14H2,(H2,22,27);2*(H,6,7). The molecular weight excluding hydrogens is 580 g/mol. The van der Waals surface area contributed by atoms with Crippen molar-refractivity contribution in [2.45, 2.75) is 18.9 Å². The smallest absolute Gasteiger partial charge is 0.430 e. The van der Waals surface area contributed by atoms with Crippen LogP contribution in [0.1, 0.15) is 15.9 Å². The highest BCUT2D eigenvalue weighted by Gasteiger charge is 2.29. The number of carboxylic acids is 2. The van der Waals surface area contributed by atoms with Crippen molar-refractivity contribution in [3.8, 4) is 5.69 Å². The van der Waals surface area contributed by atoms with Crippen molar-refractivity contribution >= 4 is 28.7 Å². The molecule has 230 valence electrons. The first kappa shape index (κ1) is 34.0. The number of fused-ring (bicyclic) bond motifs is 1. The van der Waals surface area contributed by atoms with Crippen molar-refractivity contribution in [2.24, 2.45) is 5.73 Å². The average molecular weight is 608 g/mol. The van der Waals surface area contributed by atoms with Crippen molar-refractivity contribution in [1.29, 1.82) is 0 Å². The number of benzene rings is 2. The van der Waals surface area contributed by atoms with Gasteiger partial charge in [-0.2, -0.15) is 31.4 Å². The summed E-state index contributed by atoms with van der Waals surface area (Å²) in [6.07, 6.45) is -8.46. The SMILES string of the molecule is NC(=O)c1cccc2cn(-c3ccc(C[NH2+]CC[NH+]4CCOCC4)cc3)nc12.O=C([O-])C(F)(F)F.O=C([O-])C(F)(F)F. The number of carbonyl (C=O) groups is 3. The van der Waals surface area contributed by atoms with Crippen molar-refractivity contribution in [2.75, 3.05) is 39.4 Å². The molecule has 1 aliphatic rings. The lowest BCUT2D eigenvalue weighted by Gasteiger charge is -2.22. The zero-order valence-electron chi connectivity index (χ0n) is 21.8. The molecule has 2 heterocycles. The molecule has 2 aromatic carbocycles. The first-order chi connectivity index (χ1) is 19.6. The van der Waals surface area contributed by atoms with Crippen molar-refractivity contribution in [3.05, 3.63) is 59.8 Å². The molecular formula is C25H27F6N5O6. The highest BCUT2D eigenvalue weighted by atomic mass is 19.4. The van der Waals surface area contributed by atoms with E-state index in [4.69, 9.17) is 30.3 Å². The molecule has 0 spiro atoms. The van der Waals surface area contributed by atoms with Crippen molar-refractivity contribution < 1.29 is 65.9 Å². The van der Waals surface area contributed by atoms with Crippen LogP contribution in [0.4, 0.5) is 26.3 Å². The first-order valence-corrected chi connectivity index (χ1v) is 12.3. The first-order valence-electron chi connectivity index (χ1n) is 12.3. The number of nitrogens with zero attached hydrogens (tertiary/aromatic N) is 2. The quantitative estimate of drug-likeness (QED) is 0.200. The molecule has 1 aromatic heterocycles. The van der Waals surface area contributed by atoms with Crippen LogP contribution in [0.2, 0.25) is 0 Å². The maximum atomic E-state index is 11.6. The number of quaternary nitrogens is 2. The second-order valence-corrected chi connectivity index (χ2v) is 8.81. The minimum Gasteiger partial charge on any atom is -0.542 e. The van der Waals surface area contributed by atoms with Gasteiger partial charge in [0.05, 0.1) is 24.5 Å². The second kappa shape index (κ2) is 15.1. The third-order valence-electron chi connectivity index (χ3n) is 5.75. The molecule has 1 saturated heterocycles. The van der Waals surface area contributed by atoms with Crippen LogP contribution >= 0.6 is 0 Å². The van der Waals surface area contributed by atoms with Crippen LogP contribution in [-0.2, 0) is 20.9 Å². The number of carbonyl (C=O) groups excluding carboxylic acids is 3. The monoisotopic (exact) mass is 607 g/mol. The van der Waals surface area contributed by atoms with E-state index in [-0.39, 0.29) is 0 Å². The number of nitrogens with two attached hydrogens (primary N) is 2. The van der Waals surface area contributed by atoms with E-state index in [1.54, 1.807) is 15.6 Å².